The number of hydrogen-bond donors (Lipinski definition) is 2. The van der Waals surface area contributed by atoms with E-state index in [1.807, 2.05) is 30.2 Å². The van der Waals surface area contributed by atoms with Crippen molar-refractivity contribution < 1.29 is 18.3 Å². The molecule has 0 radical (unpaired) electrons. The van der Waals surface area contributed by atoms with Gasteiger partial charge in [0.15, 0.2) is 0 Å². The number of carbonyl (C=O) groups is 1. The Kier molecular flexibility index (Phi) is 8.47. The normalized spacial score (nSPS) is 23.5. The Bertz CT molecular complexity index is 1700. The number of benzene rings is 1. The number of aliphatic hydroxyl groups is 1. The van der Waals surface area contributed by atoms with Gasteiger partial charge in [-0.3, -0.25) is 4.79 Å². The Morgan fingerprint density at radius 2 is 1.91 bits per heavy atom. The maximum atomic E-state index is 12.9. The molecule has 12 heteroatoms. The van der Waals surface area contributed by atoms with Gasteiger partial charge < -0.3 is 25.1 Å². The fourth-order valence-electron chi connectivity index (χ4n) is 6.97. The van der Waals surface area contributed by atoms with Crippen LogP contribution in [0.15, 0.2) is 49.3 Å². The third kappa shape index (κ3) is 6.62. The summed E-state index contributed by atoms with van der Waals surface area (Å²) >= 11 is 0. The van der Waals surface area contributed by atoms with Crippen LogP contribution >= 0.6 is 0 Å². The van der Waals surface area contributed by atoms with Gasteiger partial charge in [-0.2, -0.15) is 4.98 Å². The van der Waals surface area contributed by atoms with E-state index in [1.54, 1.807) is 6.20 Å². The predicted octanol–water partition coefficient (Wildman–Crippen LogP) is 4.23. The Morgan fingerprint density at radius 1 is 1.13 bits per heavy atom. The number of hydrogen-bond acceptors (Lipinski definition) is 10. The summed E-state index contributed by atoms with van der Waals surface area (Å²) in [7, 11) is -3.07. The number of pyridine rings is 1. The lowest BCUT2D eigenvalue weighted by Gasteiger charge is -2.48. The van der Waals surface area contributed by atoms with E-state index in [4.69, 9.17) is 9.97 Å². The van der Waals surface area contributed by atoms with Crippen molar-refractivity contribution in [1.82, 2.24) is 19.9 Å². The lowest BCUT2D eigenvalue weighted by Crippen LogP contribution is -2.57. The molecule has 11 nitrogen and oxygen atoms in total. The smallest absolute Gasteiger partial charge is 0.246 e. The Morgan fingerprint density at radius 3 is 2.62 bits per heavy atom. The van der Waals surface area contributed by atoms with Crippen molar-refractivity contribution in [3.05, 3.63) is 54.9 Å². The highest BCUT2D eigenvalue weighted by atomic mass is 32.2. The van der Waals surface area contributed by atoms with Crippen molar-refractivity contribution in [3.8, 4) is 0 Å². The SMILES string of the molecule is C=CC(=O)N1CCCC[C@H]1c1ccc(N2C[C@H](CS(C)(=O)=O)[C@H]2C)c2cnc(Nc3ccnc(N4CCC(C)(O)CC4)n3)cc12. The van der Waals surface area contributed by atoms with Crippen molar-refractivity contribution in [1.29, 1.82) is 0 Å². The van der Waals surface area contributed by atoms with Gasteiger partial charge in [-0.05, 0) is 81.2 Å². The quantitative estimate of drug-likeness (QED) is 0.348. The molecule has 0 aliphatic carbocycles. The number of nitrogens with zero attached hydrogens (tertiary/aromatic N) is 6. The molecule has 3 atom stereocenters. The van der Waals surface area contributed by atoms with E-state index >= 15 is 0 Å². The Labute approximate surface area is 265 Å². The number of anilines is 4. The summed E-state index contributed by atoms with van der Waals surface area (Å²) in [6.07, 6.45) is 10.4. The number of likely N-dealkylation sites (tertiary alicyclic amines) is 1. The number of fused-ring (bicyclic) bond motifs is 1. The number of nitrogens with one attached hydrogen (secondary N) is 1. The largest absolute Gasteiger partial charge is 0.390 e. The second kappa shape index (κ2) is 12.2. The first-order chi connectivity index (χ1) is 21.4. The maximum Gasteiger partial charge on any atom is 0.246 e. The molecule has 2 aromatic heterocycles. The van der Waals surface area contributed by atoms with Gasteiger partial charge in [0.05, 0.1) is 17.4 Å². The predicted molar refractivity (Wildman–Crippen MR) is 178 cm³/mol. The Hall–Kier alpha value is -3.77. The van der Waals surface area contributed by atoms with E-state index < -0.39 is 15.4 Å². The molecule has 1 aromatic carbocycles. The van der Waals surface area contributed by atoms with Gasteiger partial charge in [-0.15, -0.1) is 0 Å². The number of aromatic nitrogens is 3. The van der Waals surface area contributed by atoms with E-state index in [9.17, 15) is 18.3 Å². The minimum absolute atomic E-state index is 0.0676. The molecule has 3 fully saturated rings. The molecule has 3 aromatic rings. The summed E-state index contributed by atoms with van der Waals surface area (Å²) in [5, 5.41) is 15.7. The van der Waals surface area contributed by atoms with Crippen molar-refractivity contribution in [2.45, 2.75) is 63.6 Å². The summed E-state index contributed by atoms with van der Waals surface area (Å²) in [5.74, 6) is 2.01. The van der Waals surface area contributed by atoms with Crippen LogP contribution in [0.2, 0.25) is 0 Å². The topological polar surface area (TPSA) is 132 Å². The zero-order valence-corrected chi connectivity index (χ0v) is 27.1. The minimum atomic E-state index is -3.07. The highest BCUT2D eigenvalue weighted by molar-refractivity contribution is 7.90. The van der Waals surface area contributed by atoms with Gasteiger partial charge in [-0.1, -0.05) is 12.6 Å². The molecule has 6 rings (SSSR count). The highest BCUT2D eigenvalue weighted by Gasteiger charge is 2.39. The van der Waals surface area contributed by atoms with Crippen LogP contribution in [0.1, 0.15) is 57.6 Å². The molecule has 5 heterocycles. The standard InChI is InChI=1S/C33H43N7O4S/c1-5-31(41)39-15-7-6-8-27(39)24-9-10-28(40-20-23(22(40)2)21-45(4,43)44)26-19-35-30(18-25(24)26)36-29-11-14-34-32(37-29)38-16-12-33(3,42)13-17-38/h5,9-11,14,18-19,22-23,27,42H,1,6-8,12-13,15-17,20-21H2,2-4H3,(H,34,35,36,37)/t22-,23-,27+/m1/s1. The van der Waals surface area contributed by atoms with Crippen molar-refractivity contribution in [2.75, 3.05) is 53.3 Å². The molecule has 1 amide bonds. The maximum absolute atomic E-state index is 12.9. The molecule has 3 aliphatic rings. The fraction of sp³-hybridized carbons (Fsp3) is 0.515. The van der Waals surface area contributed by atoms with Crippen molar-refractivity contribution in [3.63, 3.8) is 0 Å². The second-order valence-corrected chi connectivity index (χ2v) is 15.3. The van der Waals surface area contributed by atoms with E-state index in [0.29, 0.717) is 56.6 Å². The molecule has 0 saturated carbocycles. The molecular formula is C33H43N7O4S. The highest BCUT2D eigenvalue weighted by Crippen LogP contribution is 2.42. The van der Waals surface area contributed by atoms with Gasteiger partial charge in [0, 0.05) is 67.9 Å². The molecule has 240 valence electrons. The summed E-state index contributed by atoms with van der Waals surface area (Å²) < 4.78 is 24.0. The molecule has 0 bridgehead atoms. The van der Waals surface area contributed by atoms with E-state index in [-0.39, 0.29) is 29.7 Å². The van der Waals surface area contributed by atoms with Crippen LogP contribution in [0.4, 0.5) is 23.3 Å². The van der Waals surface area contributed by atoms with Gasteiger partial charge in [0.2, 0.25) is 11.9 Å². The third-order valence-electron chi connectivity index (χ3n) is 9.68. The molecular weight excluding hydrogens is 590 g/mol. The number of rotatable bonds is 8. The first-order valence-corrected chi connectivity index (χ1v) is 17.9. The zero-order chi connectivity index (χ0) is 31.9. The van der Waals surface area contributed by atoms with Crippen LogP contribution in [-0.2, 0) is 14.6 Å². The van der Waals surface area contributed by atoms with Crippen LogP contribution in [-0.4, -0.2) is 89.1 Å². The van der Waals surface area contributed by atoms with Crippen molar-refractivity contribution in [2.24, 2.45) is 5.92 Å². The molecule has 0 unspecified atom stereocenters. The van der Waals surface area contributed by atoms with Gasteiger partial charge in [0.25, 0.3) is 0 Å². The second-order valence-electron chi connectivity index (χ2n) is 13.1. The summed E-state index contributed by atoms with van der Waals surface area (Å²) in [5.41, 5.74) is 1.40. The van der Waals surface area contributed by atoms with Gasteiger partial charge in [-0.25, -0.2) is 18.4 Å². The number of amides is 1. The number of carbonyl (C=O) groups excluding carboxylic acids is 1. The molecule has 3 aliphatic heterocycles. The Balaban J connectivity index is 1.35. The zero-order valence-electron chi connectivity index (χ0n) is 26.3. The molecule has 45 heavy (non-hydrogen) atoms. The first-order valence-electron chi connectivity index (χ1n) is 15.8. The first kappa shape index (κ1) is 31.2. The van der Waals surface area contributed by atoms with Crippen LogP contribution in [0.5, 0.6) is 0 Å². The molecule has 0 spiro atoms. The third-order valence-corrected chi connectivity index (χ3v) is 10.7. The summed E-state index contributed by atoms with van der Waals surface area (Å²) in [6, 6.07) is 8.02. The average molecular weight is 634 g/mol. The lowest BCUT2D eigenvalue weighted by atomic mass is 9.87. The fourth-order valence-corrected chi connectivity index (χ4v) is 8.13. The number of piperidine rings is 2. The summed E-state index contributed by atoms with van der Waals surface area (Å²) in [4.78, 5) is 33.2. The monoisotopic (exact) mass is 633 g/mol. The van der Waals surface area contributed by atoms with Crippen molar-refractivity contribution >= 4 is 49.8 Å². The van der Waals surface area contributed by atoms with Gasteiger partial charge >= 0.3 is 0 Å². The molecule has 3 saturated heterocycles. The van der Waals surface area contributed by atoms with Crippen LogP contribution in [0, 0.1) is 5.92 Å². The number of sulfone groups is 1. The van der Waals surface area contributed by atoms with E-state index in [0.717, 1.165) is 41.3 Å². The van der Waals surface area contributed by atoms with Crippen LogP contribution < -0.4 is 15.1 Å². The minimum Gasteiger partial charge on any atom is -0.390 e. The average Bonchev–Trinajstić information content (AvgIpc) is 3.01. The van der Waals surface area contributed by atoms with E-state index in [1.165, 1.54) is 12.3 Å². The van der Waals surface area contributed by atoms with E-state index in [2.05, 4.69) is 45.7 Å². The summed E-state index contributed by atoms with van der Waals surface area (Å²) in [6.45, 7) is 10.4. The van der Waals surface area contributed by atoms with Gasteiger partial charge in [0.1, 0.15) is 21.5 Å². The van der Waals surface area contributed by atoms with Crippen LogP contribution in [0.25, 0.3) is 10.8 Å². The lowest BCUT2D eigenvalue weighted by molar-refractivity contribution is -0.129. The molecule has 2 N–H and O–H groups in total. The van der Waals surface area contributed by atoms with Crippen LogP contribution in [0.3, 0.4) is 0 Å².